The number of rotatable bonds is 1. The largest absolute Gasteiger partial charge is 0.298 e. The Balaban J connectivity index is 2.90. The molecule has 0 aliphatic heterocycles. The smallest absolute Gasteiger partial charge is 0.150 e. The summed E-state index contributed by atoms with van der Waals surface area (Å²) in [7, 11) is 1.89. The summed E-state index contributed by atoms with van der Waals surface area (Å²) >= 11 is 3.40. The molecule has 0 aliphatic carbocycles. The molecule has 0 bridgehead atoms. The minimum absolute atomic E-state index is 0.667. The van der Waals surface area contributed by atoms with Crippen LogP contribution in [0.5, 0.6) is 0 Å². The van der Waals surface area contributed by atoms with Crippen LogP contribution in [0.15, 0.2) is 16.6 Å². The van der Waals surface area contributed by atoms with E-state index < -0.39 is 0 Å². The highest BCUT2D eigenvalue weighted by atomic mass is 79.9. The van der Waals surface area contributed by atoms with Crippen molar-refractivity contribution in [2.24, 2.45) is 7.05 Å². The highest BCUT2D eigenvalue weighted by Crippen LogP contribution is 2.26. The number of nitrogens with zero attached hydrogens (tertiary/aromatic N) is 2. The summed E-state index contributed by atoms with van der Waals surface area (Å²) in [6, 6.07) is 3.64. The minimum atomic E-state index is 0.667. The normalized spacial score (nSPS) is 10.8. The van der Waals surface area contributed by atoms with Gasteiger partial charge in [-0.05, 0) is 35.0 Å². The van der Waals surface area contributed by atoms with Gasteiger partial charge >= 0.3 is 0 Å². The standard InChI is InChI=1S/C10H9BrN2O/c1-6-8-3-7(5-14)4-9(11)10(8)12-13(6)2/h3-5H,1-2H3. The number of aromatic nitrogens is 2. The van der Waals surface area contributed by atoms with Gasteiger partial charge in [-0.3, -0.25) is 9.48 Å². The summed E-state index contributed by atoms with van der Waals surface area (Å²) in [6.07, 6.45) is 0.844. The van der Waals surface area contributed by atoms with Crippen LogP contribution in [-0.2, 0) is 7.05 Å². The van der Waals surface area contributed by atoms with E-state index >= 15 is 0 Å². The van der Waals surface area contributed by atoms with Crippen LogP contribution in [0.2, 0.25) is 0 Å². The molecule has 0 saturated heterocycles. The zero-order valence-electron chi connectivity index (χ0n) is 7.91. The number of halogens is 1. The molecule has 2 aromatic rings. The number of carbonyl (C=O) groups excluding carboxylic acids is 1. The summed E-state index contributed by atoms with van der Waals surface area (Å²) in [5.41, 5.74) is 2.63. The molecule has 3 nitrogen and oxygen atoms in total. The lowest BCUT2D eigenvalue weighted by Crippen LogP contribution is -1.91. The van der Waals surface area contributed by atoms with Crippen LogP contribution in [0.1, 0.15) is 16.1 Å². The molecule has 0 saturated carbocycles. The van der Waals surface area contributed by atoms with Gasteiger partial charge in [0.25, 0.3) is 0 Å². The molecule has 0 atom stereocenters. The van der Waals surface area contributed by atoms with Crippen LogP contribution in [0.25, 0.3) is 10.9 Å². The third-order valence-corrected chi connectivity index (χ3v) is 2.95. The lowest BCUT2D eigenvalue weighted by atomic mass is 10.1. The van der Waals surface area contributed by atoms with Gasteiger partial charge < -0.3 is 0 Å². The Morgan fingerprint density at radius 2 is 2.21 bits per heavy atom. The van der Waals surface area contributed by atoms with Gasteiger partial charge in [0.1, 0.15) is 11.8 Å². The quantitative estimate of drug-likeness (QED) is 0.731. The molecule has 0 fully saturated rings. The van der Waals surface area contributed by atoms with Crippen LogP contribution in [0.3, 0.4) is 0 Å². The van der Waals surface area contributed by atoms with Crippen molar-refractivity contribution in [1.82, 2.24) is 9.78 Å². The Morgan fingerprint density at radius 1 is 1.50 bits per heavy atom. The van der Waals surface area contributed by atoms with E-state index in [1.807, 2.05) is 24.7 Å². The molecule has 0 radical (unpaired) electrons. The number of fused-ring (bicyclic) bond motifs is 1. The Bertz CT molecular complexity index is 516. The molecule has 0 unspecified atom stereocenters. The number of hydrogen-bond donors (Lipinski definition) is 0. The number of hydrogen-bond acceptors (Lipinski definition) is 2. The van der Waals surface area contributed by atoms with E-state index in [2.05, 4.69) is 21.0 Å². The van der Waals surface area contributed by atoms with Crippen molar-refractivity contribution in [2.75, 3.05) is 0 Å². The molecule has 4 heteroatoms. The first kappa shape index (κ1) is 9.40. The Hall–Kier alpha value is -1.16. The summed E-state index contributed by atoms with van der Waals surface area (Å²) in [6.45, 7) is 1.98. The van der Waals surface area contributed by atoms with E-state index in [9.17, 15) is 4.79 Å². The molecular weight excluding hydrogens is 244 g/mol. The van der Waals surface area contributed by atoms with Crippen molar-refractivity contribution in [3.8, 4) is 0 Å². The van der Waals surface area contributed by atoms with Gasteiger partial charge in [0.05, 0.1) is 0 Å². The van der Waals surface area contributed by atoms with E-state index in [1.54, 1.807) is 6.07 Å². The van der Waals surface area contributed by atoms with E-state index in [0.717, 1.165) is 27.4 Å². The van der Waals surface area contributed by atoms with Crippen LogP contribution in [0, 0.1) is 6.92 Å². The highest BCUT2D eigenvalue weighted by Gasteiger charge is 2.09. The molecular formula is C10H9BrN2O. The second-order valence-electron chi connectivity index (χ2n) is 3.23. The first-order valence-corrected chi connectivity index (χ1v) is 5.01. The Morgan fingerprint density at radius 3 is 2.86 bits per heavy atom. The van der Waals surface area contributed by atoms with Crippen molar-refractivity contribution >= 4 is 33.1 Å². The minimum Gasteiger partial charge on any atom is -0.298 e. The Labute approximate surface area is 89.8 Å². The summed E-state index contributed by atoms with van der Waals surface area (Å²) in [5.74, 6) is 0. The highest BCUT2D eigenvalue weighted by molar-refractivity contribution is 9.10. The van der Waals surface area contributed by atoms with Gasteiger partial charge in [-0.15, -0.1) is 0 Å². The molecule has 0 aliphatic rings. The lowest BCUT2D eigenvalue weighted by Gasteiger charge is -1.95. The average Bonchev–Trinajstić information content (AvgIpc) is 2.45. The third-order valence-electron chi connectivity index (χ3n) is 2.35. The Kier molecular flexibility index (Phi) is 2.15. The maximum atomic E-state index is 10.7. The molecule has 72 valence electrons. The van der Waals surface area contributed by atoms with Gasteiger partial charge in [-0.2, -0.15) is 5.10 Å². The number of benzene rings is 1. The second-order valence-corrected chi connectivity index (χ2v) is 4.08. The summed E-state index contributed by atoms with van der Waals surface area (Å²) < 4.78 is 2.67. The fourth-order valence-electron chi connectivity index (χ4n) is 1.46. The van der Waals surface area contributed by atoms with Crippen LogP contribution in [-0.4, -0.2) is 16.1 Å². The molecule has 0 spiro atoms. The van der Waals surface area contributed by atoms with Crippen molar-refractivity contribution in [3.63, 3.8) is 0 Å². The van der Waals surface area contributed by atoms with E-state index in [-0.39, 0.29) is 0 Å². The second kappa shape index (κ2) is 3.20. The van der Waals surface area contributed by atoms with Crippen molar-refractivity contribution in [3.05, 3.63) is 27.9 Å². The van der Waals surface area contributed by atoms with E-state index in [4.69, 9.17) is 0 Å². The fraction of sp³-hybridized carbons (Fsp3) is 0.200. The maximum absolute atomic E-state index is 10.7. The molecule has 1 heterocycles. The fourth-order valence-corrected chi connectivity index (χ4v) is 2.02. The molecule has 14 heavy (non-hydrogen) atoms. The van der Waals surface area contributed by atoms with Gasteiger partial charge in [0.2, 0.25) is 0 Å². The SMILES string of the molecule is Cc1c2cc(C=O)cc(Br)c2nn1C. The number of aldehydes is 1. The molecule has 2 rings (SSSR count). The molecule has 1 aromatic carbocycles. The van der Waals surface area contributed by atoms with Crippen LogP contribution in [0.4, 0.5) is 0 Å². The number of aryl methyl sites for hydroxylation is 2. The molecule has 1 aromatic heterocycles. The van der Waals surface area contributed by atoms with Crippen LogP contribution >= 0.6 is 15.9 Å². The predicted molar refractivity (Wildman–Crippen MR) is 58.5 cm³/mol. The average molecular weight is 253 g/mol. The zero-order chi connectivity index (χ0) is 10.3. The van der Waals surface area contributed by atoms with E-state index in [0.29, 0.717) is 5.56 Å². The van der Waals surface area contributed by atoms with Gasteiger partial charge in [-0.25, -0.2) is 0 Å². The van der Waals surface area contributed by atoms with Crippen molar-refractivity contribution in [2.45, 2.75) is 6.92 Å². The van der Waals surface area contributed by atoms with Gasteiger partial charge in [0.15, 0.2) is 0 Å². The van der Waals surface area contributed by atoms with Gasteiger partial charge in [0, 0.05) is 28.2 Å². The van der Waals surface area contributed by atoms with Crippen molar-refractivity contribution < 1.29 is 4.79 Å². The summed E-state index contributed by atoms with van der Waals surface area (Å²) in [4.78, 5) is 10.7. The molecule has 0 N–H and O–H groups in total. The van der Waals surface area contributed by atoms with Gasteiger partial charge in [-0.1, -0.05) is 0 Å². The molecule has 0 amide bonds. The van der Waals surface area contributed by atoms with Crippen molar-refractivity contribution in [1.29, 1.82) is 0 Å². The topological polar surface area (TPSA) is 34.9 Å². The summed E-state index contributed by atoms with van der Waals surface area (Å²) in [5, 5.41) is 5.36. The van der Waals surface area contributed by atoms with E-state index in [1.165, 1.54) is 0 Å². The monoisotopic (exact) mass is 252 g/mol. The number of carbonyl (C=O) groups is 1. The first-order valence-electron chi connectivity index (χ1n) is 4.21. The maximum Gasteiger partial charge on any atom is 0.150 e. The third kappa shape index (κ3) is 1.26. The predicted octanol–water partition coefficient (Wildman–Crippen LogP) is 2.46. The first-order chi connectivity index (χ1) is 6.63. The van der Waals surface area contributed by atoms with Crippen LogP contribution < -0.4 is 0 Å². The zero-order valence-corrected chi connectivity index (χ0v) is 9.50. The lowest BCUT2D eigenvalue weighted by molar-refractivity contribution is 0.112.